The summed E-state index contributed by atoms with van der Waals surface area (Å²) in [6.45, 7) is 3.17. The van der Waals surface area contributed by atoms with Crippen molar-refractivity contribution in [2.75, 3.05) is 0 Å². The van der Waals surface area contributed by atoms with Crippen LogP contribution < -0.4 is 0 Å². The number of hydrogen-bond donors (Lipinski definition) is 3. The highest BCUT2D eigenvalue weighted by atomic mass is 32.1. The SMILES string of the molecule is CCCCn1ccc2c(-n3c(-c4ccc(O)cc4O)cnc3S)cccc21. The second-order valence-electron chi connectivity index (χ2n) is 6.55. The number of thiol groups is 1. The van der Waals surface area contributed by atoms with Crippen LogP contribution in [0.2, 0.25) is 0 Å². The fourth-order valence-corrected chi connectivity index (χ4v) is 3.71. The van der Waals surface area contributed by atoms with Crippen molar-refractivity contribution in [2.45, 2.75) is 31.5 Å². The first-order chi connectivity index (χ1) is 13.1. The molecule has 0 radical (unpaired) electrons. The van der Waals surface area contributed by atoms with E-state index in [1.807, 2.05) is 16.7 Å². The molecule has 6 heteroatoms. The quantitative estimate of drug-likeness (QED) is 0.428. The molecule has 0 aliphatic rings. The largest absolute Gasteiger partial charge is 0.508 e. The van der Waals surface area contributed by atoms with Gasteiger partial charge in [0.1, 0.15) is 11.5 Å². The molecule has 0 atom stereocenters. The molecular formula is C21H21N3O2S. The molecule has 0 saturated carbocycles. The molecule has 138 valence electrons. The number of unbranched alkanes of at least 4 members (excludes halogenated alkanes) is 1. The summed E-state index contributed by atoms with van der Waals surface area (Å²) in [5.74, 6) is 0.0145. The van der Waals surface area contributed by atoms with Gasteiger partial charge in [0, 0.05) is 29.8 Å². The van der Waals surface area contributed by atoms with Crippen LogP contribution in [-0.4, -0.2) is 24.3 Å². The molecule has 2 aromatic carbocycles. The van der Waals surface area contributed by atoms with Gasteiger partial charge in [-0.2, -0.15) is 0 Å². The minimum absolute atomic E-state index is 0.00262. The van der Waals surface area contributed by atoms with Crippen LogP contribution in [0.1, 0.15) is 19.8 Å². The van der Waals surface area contributed by atoms with Crippen LogP contribution in [0.25, 0.3) is 27.8 Å². The van der Waals surface area contributed by atoms with E-state index in [0.29, 0.717) is 16.4 Å². The summed E-state index contributed by atoms with van der Waals surface area (Å²) in [6, 6.07) is 12.8. The summed E-state index contributed by atoms with van der Waals surface area (Å²) in [4.78, 5) is 4.34. The molecule has 0 unspecified atom stereocenters. The van der Waals surface area contributed by atoms with Crippen molar-refractivity contribution in [3.63, 3.8) is 0 Å². The predicted molar refractivity (Wildman–Crippen MR) is 110 cm³/mol. The second-order valence-corrected chi connectivity index (χ2v) is 6.95. The first kappa shape index (κ1) is 17.5. The van der Waals surface area contributed by atoms with E-state index in [2.05, 4.69) is 47.4 Å². The van der Waals surface area contributed by atoms with E-state index >= 15 is 0 Å². The number of hydrogen-bond acceptors (Lipinski definition) is 4. The number of nitrogens with zero attached hydrogens (tertiary/aromatic N) is 3. The Hall–Kier alpha value is -2.86. The Kier molecular flexibility index (Phi) is 4.58. The van der Waals surface area contributed by atoms with Crippen LogP contribution >= 0.6 is 12.6 Å². The Bertz CT molecular complexity index is 1110. The van der Waals surface area contributed by atoms with Crippen LogP contribution in [0.15, 0.2) is 60.0 Å². The molecule has 2 aromatic heterocycles. The van der Waals surface area contributed by atoms with Crippen molar-refractivity contribution < 1.29 is 10.2 Å². The van der Waals surface area contributed by atoms with Gasteiger partial charge in [-0.05, 0) is 36.8 Å². The number of rotatable bonds is 5. The third-order valence-corrected chi connectivity index (χ3v) is 5.10. The molecule has 4 aromatic rings. The van der Waals surface area contributed by atoms with Gasteiger partial charge in [-0.25, -0.2) is 4.98 Å². The van der Waals surface area contributed by atoms with Gasteiger partial charge in [0.2, 0.25) is 0 Å². The standard InChI is InChI=1S/C21H21N3O2S/c1-2-3-10-23-11-9-15-17(23)5-4-6-18(15)24-19(13-22-21(24)27)16-8-7-14(25)12-20(16)26/h4-9,11-13,25-26H,2-3,10H2,1H3,(H,22,27). The second kappa shape index (κ2) is 7.04. The number of fused-ring (bicyclic) bond motifs is 1. The number of aryl methyl sites for hydroxylation is 1. The highest BCUT2D eigenvalue weighted by Crippen LogP contribution is 2.36. The zero-order chi connectivity index (χ0) is 19.0. The monoisotopic (exact) mass is 379 g/mol. The van der Waals surface area contributed by atoms with Crippen LogP contribution in [0.5, 0.6) is 11.5 Å². The van der Waals surface area contributed by atoms with Crippen molar-refractivity contribution in [1.29, 1.82) is 0 Å². The van der Waals surface area contributed by atoms with Crippen LogP contribution in [0.3, 0.4) is 0 Å². The molecule has 0 aliphatic carbocycles. The fourth-order valence-electron chi connectivity index (χ4n) is 3.43. The van der Waals surface area contributed by atoms with E-state index in [9.17, 15) is 10.2 Å². The first-order valence-corrected chi connectivity index (χ1v) is 9.42. The average molecular weight is 379 g/mol. The topological polar surface area (TPSA) is 63.2 Å². The lowest BCUT2D eigenvalue weighted by Crippen LogP contribution is -2.00. The number of imidazole rings is 1. The normalized spacial score (nSPS) is 11.3. The summed E-state index contributed by atoms with van der Waals surface area (Å²) in [6.07, 6.45) is 6.06. The van der Waals surface area contributed by atoms with E-state index < -0.39 is 0 Å². The van der Waals surface area contributed by atoms with Crippen LogP contribution in [0.4, 0.5) is 0 Å². The molecule has 0 saturated heterocycles. The van der Waals surface area contributed by atoms with E-state index in [1.165, 1.54) is 6.07 Å². The van der Waals surface area contributed by atoms with Gasteiger partial charge < -0.3 is 14.8 Å². The molecule has 0 aliphatic heterocycles. The Morgan fingerprint density at radius 1 is 1.11 bits per heavy atom. The number of aromatic hydroxyl groups is 2. The Morgan fingerprint density at radius 2 is 1.96 bits per heavy atom. The van der Waals surface area contributed by atoms with E-state index in [4.69, 9.17) is 0 Å². The van der Waals surface area contributed by atoms with E-state index in [0.717, 1.165) is 36.0 Å². The van der Waals surface area contributed by atoms with Crippen molar-refractivity contribution in [1.82, 2.24) is 14.1 Å². The van der Waals surface area contributed by atoms with Crippen LogP contribution in [-0.2, 0) is 6.54 Å². The van der Waals surface area contributed by atoms with Gasteiger partial charge in [0.15, 0.2) is 5.16 Å². The van der Waals surface area contributed by atoms with Crippen molar-refractivity contribution >= 4 is 23.5 Å². The minimum Gasteiger partial charge on any atom is -0.508 e. The molecular weight excluding hydrogens is 358 g/mol. The first-order valence-electron chi connectivity index (χ1n) is 8.97. The van der Waals surface area contributed by atoms with Gasteiger partial charge in [-0.15, -0.1) is 12.6 Å². The van der Waals surface area contributed by atoms with Gasteiger partial charge >= 0.3 is 0 Å². The van der Waals surface area contributed by atoms with Gasteiger partial charge in [-0.3, -0.25) is 4.57 Å². The molecule has 5 nitrogen and oxygen atoms in total. The average Bonchev–Trinajstić information content (AvgIpc) is 3.23. The lowest BCUT2D eigenvalue weighted by molar-refractivity contribution is 0.451. The highest BCUT2D eigenvalue weighted by Gasteiger charge is 2.17. The van der Waals surface area contributed by atoms with Crippen molar-refractivity contribution in [3.05, 3.63) is 54.9 Å². The lowest BCUT2D eigenvalue weighted by Gasteiger charge is -2.13. The number of phenols is 2. The fraction of sp³-hybridized carbons (Fsp3) is 0.190. The number of benzene rings is 2. The maximum atomic E-state index is 10.3. The lowest BCUT2D eigenvalue weighted by atomic mass is 10.1. The van der Waals surface area contributed by atoms with E-state index in [-0.39, 0.29) is 11.5 Å². The predicted octanol–water partition coefficient (Wildman–Crippen LogP) is 4.99. The Morgan fingerprint density at radius 3 is 2.74 bits per heavy atom. The third-order valence-electron chi connectivity index (χ3n) is 4.78. The molecule has 0 fully saturated rings. The molecule has 2 N–H and O–H groups in total. The molecule has 27 heavy (non-hydrogen) atoms. The summed E-state index contributed by atoms with van der Waals surface area (Å²) < 4.78 is 4.18. The molecule has 4 rings (SSSR count). The highest BCUT2D eigenvalue weighted by molar-refractivity contribution is 7.80. The molecule has 2 heterocycles. The van der Waals surface area contributed by atoms with Gasteiger partial charge in [0.05, 0.1) is 23.1 Å². The Balaban J connectivity index is 1.90. The molecule has 0 bridgehead atoms. The van der Waals surface area contributed by atoms with E-state index in [1.54, 1.807) is 18.3 Å². The van der Waals surface area contributed by atoms with Gasteiger partial charge in [0.25, 0.3) is 0 Å². The maximum Gasteiger partial charge on any atom is 0.169 e. The van der Waals surface area contributed by atoms with Crippen molar-refractivity contribution in [2.24, 2.45) is 0 Å². The zero-order valence-corrected chi connectivity index (χ0v) is 15.9. The summed E-state index contributed by atoms with van der Waals surface area (Å²) >= 11 is 4.54. The summed E-state index contributed by atoms with van der Waals surface area (Å²) in [7, 11) is 0. The maximum absolute atomic E-state index is 10.3. The molecule has 0 spiro atoms. The zero-order valence-electron chi connectivity index (χ0n) is 15.0. The number of phenolic OH excluding ortho intramolecular Hbond substituents is 2. The minimum atomic E-state index is -0.00262. The summed E-state index contributed by atoms with van der Waals surface area (Å²) in [5.41, 5.74) is 3.41. The smallest absolute Gasteiger partial charge is 0.169 e. The molecule has 0 amide bonds. The Labute approximate surface area is 162 Å². The van der Waals surface area contributed by atoms with Gasteiger partial charge in [-0.1, -0.05) is 19.4 Å². The van der Waals surface area contributed by atoms with Crippen LogP contribution in [0, 0.1) is 0 Å². The number of aromatic nitrogens is 3. The third kappa shape index (κ3) is 3.06. The summed E-state index contributed by atoms with van der Waals surface area (Å²) in [5, 5.41) is 21.5. The van der Waals surface area contributed by atoms with Crippen molar-refractivity contribution in [3.8, 4) is 28.4 Å².